The molecule has 0 aliphatic rings. The summed E-state index contributed by atoms with van der Waals surface area (Å²) in [5.74, 6) is 0. The lowest BCUT2D eigenvalue weighted by atomic mass is 10.2. The standard InChI is InChI=1S/C7H4F2N2O4/c8-6(9)3-1-5(11(14)15)4(2-12)10-7(3)13/h1-2,6H,(H,10,13). The molecule has 0 bridgehead atoms. The number of nitrogens with one attached hydrogen (secondary N) is 1. The van der Waals surface area contributed by atoms with E-state index in [9.17, 15) is 28.5 Å². The van der Waals surface area contributed by atoms with E-state index >= 15 is 0 Å². The monoisotopic (exact) mass is 218 g/mol. The van der Waals surface area contributed by atoms with Crippen molar-refractivity contribution in [1.82, 2.24) is 4.98 Å². The van der Waals surface area contributed by atoms with E-state index in [0.717, 1.165) is 0 Å². The second kappa shape index (κ2) is 3.95. The maximum Gasteiger partial charge on any atom is 0.296 e. The molecule has 1 N–H and O–H groups in total. The number of aromatic amines is 1. The number of pyridine rings is 1. The van der Waals surface area contributed by atoms with E-state index < -0.39 is 33.9 Å². The summed E-state index contributed by atoms with van der Waals surface area (Å²) in [6.07, 6.45) is -3.11. The summed E-state index contributed by atoms with van der Waals surface area (Å²) in [5.41, 5.74) is -3.72. The summed E-state index contributed by atoms with van der Waals surface area (Å²) in [6.45, 7) is 0. The zero-order chi connectivity index (χ0) is 11.6. The molecule has 0 radical (unpaired) electrons. The van der Waals surface area contributed by atoms with Crippen LogP contribution in [-0.2, 0) is 0 Å². The molecule has 0 saturated heterocycles. The van der Waals surface area contributed by atoms with Crippen molar-refractivity contribution in [1.29, 1.82) is 0 Å². The van der Waals surface area contributed by atoms with Crippen LogP contribution in [0.4, 0.5) is 14.5 Å². The number of aromatic nitrogens is 1. The van der Waals surface area contributed by atoms with Crippen LogP contribution in [-0.4, -0.2) is 16.2 Å². The van der Waals surface area contributed by atoms with Crippen LogP contribution in [0.3, 0.4) is 0 Å². The van der Waals surface area contributed by atoms with Crippen molar-refractivity contribution >= 4 is 12.0 Å². The van der Waals surface area contributed by atoms with Crippen molar-refractivity contribution in [3.63, 3.8) is 0 Å². The van der Waals surface area contributed by atoms with E-state index in [1.54, 1.807) is 4.98 Å². The number of H-pyrrole nitrogens is 1. The van der Waals surface area contributed by atoms with Crippen molar-refractivity contribution in [3.05, 3.63) is 37.8 Å². The van der Waals surface area contributed by atoms with E-state index in [0.29, 0.717) is 6.07 Å². The van der Waals surface area contributed by atoms with Gasteiger partial charge < -0.3 is 4.98 Å². The fraction of sp³-hybridized carbons (Fsp3) is 0.143. The molecule has 0 aliphatic heterocycles. The summed E-state index contributed by atoms with van der Waals surface area (Å²) in [4.78, 5) is 32.2. The van der Waals surface area contributed by atoms with Crippen LogP contribution >= 0.6 is 0 Å². The van der Waals surface area contributed by atoms with E-state index in [4.69, 9.17) is 0 Å². The molecule has 0 amide bonds. The number of carbonyl (C=O) groups is 1. The minimum Gasteiger partial charge on any atom is -0.314 e. The SMILES string of the molecule is O=Cc1[nH]c(=O)c(C(F)F)cc1[N+](=O)[O-]. The fourth-order valence-electron chi connectivity index (χ4n) is 0.952. The predicted molar refractivity (Wildman–Crippen MR) is 44.1 cm³/mol. The molecule has 1 heterocycles. The number of aldehydes is 1. The Morgan fingerprint density at radius 1 is 1.53 bits per heavy atom. The third-order valence-corrected chi connectivity index (χ3v) is 1.63. The zero-order valence-corrected chi connectivity index (χ0v) is 7.07. The minimum atomic E-state index is -3.13. The van der Waals surface area contributed by atoms with Gasteiger partial charge in [0.2, 0.25) is 0 Å². The van der Waals surface area contributed by atoms with Crippen LogP contribution in [0.5, 0.6) is 0 Å². The molecule has 0 unspecified atom stereocenters. The normalized spacial score (nSPS) is 10.3. The molecular weight excluding hydrogens is 214 g/mol. The first kappa shape index (κ1) is 11.0. The first-order chi connectivity index (χ1) is 6.97. The number of carbonyl (C=O) groups excluding carboxylic acids is 1. The number of halogens is 2. The molecule has 0 fully saturated rings. The van der Waals surface area contributed by atoms with E-state index in [1.165, 1.54) is 0 Å². The Morgan fingerprint density at radius 2 is 2.13 bits per heavy atom. The Bertz CT molecular complexity index is 469. The highest BCUT2D eigenvalue weighted by atomic mass is 19.3. The van der Waals surface area contributed by atoms with Crippen LogP contribution in [0, 0.1) is 10.1 Å². The Labute approximate surface area is 80.7 Å². The van der Waals surface area contributed by atoms with Crippen molar-refractivity contribution in [3.8, 4) is 0 Å². The first-order valence-corrected chi connectivity index (χ1v) is 3.62. The van der Waals surface area contributed by atoms with Gasteiger partial charge in [0.15, 0.2) is 12.0 Å². The van der Waals surface area contributed by atoms with E-state index in [2.05, 4.69) is 0 Å². The first-order valence-electron chi connectivity index (χ1n) is 3.62. The van der Waals surface area contributed by atoms with Crippen molar-refractivity contribution < 1.29 is 18.5 Å². The quantitative estimate of drug-likeness (QED) is 0.465. The lowest BCUT2D eigenvalue weighted by Gasteiger charge is -1.99. The molecule has 0 atom stereocenters. The largest absolute Gasteiger partial charge is 0.314 e. The van der Waals surface area contributed by atoms with Gasteiger partial charge in [0.1, 0.15) is 0 Å². The molecule has 15 heavy (non-hydrogen) atoms. The van der Waals surface area contributed by atoms with Crippen LogP contribution in [0.25, 0.3) is 0 Å². The molecule has 6 nitrogen and oxygen atoms in total. The summed E-state index contributed by atoms with van der Waals surface area (Å²) in [6, 6.07) is 0.396. The highest BCUT2D eigenvalue weighted by Crippen LogP contribution is 2.20. The Hall–Kier alpha value is -2.12. The molecule has 0 aliphatic carbocycles. The molecule has 1 aromatic rings. The average molecular weight is 218 g/mol. The Morgan fingerprint density at radius 3 is 2.53 bits per heavy atom. The van der Waals surface area contributed by atoms with Crippen LogP contribution in [0.1, 0.15) is 22.5 Å². The van der Waals surface area contributed by atoms with Gasteiger partial charge in [0.05, 0.1) is 10.5 Å². The van der Waals surface area contributed by atoms with Gasteiger partial charge in [-0.15, -0.1) is 0 Å². The van der Waals surface area contributed by atoms with Gasteiger partial charge in [-0.25, -0.2) is 8.78 Å². The van der Waals surface area contributed by atoms with Gasteiger partial charge in [-0.1, -0.05) is 0 Å². The predicted octanol–water partition coefficient (Wildman–Crippen LogP) is 1.03. The molecule has 0 saturated carbocycles. The van der Waals surface area contributed by atoms with Gasteiger partial charge in [-0.05, 0) is 0 Å². The van der Waals surface area contributed by atoms with Crippen molar-refractivity contribution in [2.24, 2.45) is 0 Å². The summed E-state index contributed by atoms with van der Waals surface area (Å²) in [5, 5.41) is 10.3. The fourth-order valence-corrected chi connectivity index (χ4v) is 0.952. The lowest BCUT2D eigenvalue weighted by molar-refractivity contribution is -0.385. The third kappa shape index (κ3) is 2.03. The average Bonchev–Trinajstić information content (AvgIpc) is 2.16. The Balaban J connectivity index is 3.50. The molecule has 0 aromatic carbocycles. The van der Waals surface area contributed by atoms with Crippen molar-refractivity contribution in [2.45, 2.75) is 6.43 Å². The second-order valence-corrected chi connectivity index (χ2v) is 2.53. The molecule has 0 spiro atoms. The van der Waals surface area contributed by atoms with Crippen LogP contribution in [0.15, 0.2) is 10.9 Å². The highest BCUT2D eigenvalue weighted by Gasteiger charge is 2.21. The summed E-state index contributed by atoms with van der Waals surface area (Å²) < 4.78 is 24.4. The number of hydrogen-bond donors (Lipinski definition) is 1. The van der Waals surface area contributed by atoms with Crippen LogP contribution in [0.2, 0.25) is 0 Å². The van der Waals surface area contributed by atoms with Gasteiger partial charge in [0, 0.05) is 6.07 Å². The molecule has 1 rings (SSSR count). The number of nitrogens with zero attached hydrogens (tertiary/aromatic N) is 1. The molecule has 80 valence electrons. The van der Waals surface area contributed by atoms with Gasteiger partial charge in [-0.2, -0.15) is 0 Å². The van der Waals surface area contributed by atoms with E-state index in [1.807, 2.05) is 0 Å². The molecule has 8 heteroatoms. The maximum absolute atomic E-state index is 12.2. The number of rotatable bonds is 3. The van der Waals surface area contributed by atoms with Gasteiger partial charge >= 0.3 is 0 Å². The minimum absolute atomic E-state index is 0.0226. The van der Waals surface area contributed by atoms with Crippen molar-refractivity contribution in [2.75, 3.05) is 0 Å². The maximum atomic E-state index is 12.2. The summed E-state index contributed by atoms with van der Waals surface area (Å²) >= 11 is 0. The number of hydrogen-bond acceptors (Lipinski definition) is 4. The molecule has 1 aromatic heterocycles. The van der Waals surface area contributed by atoms with E-state index in [-0.39, 0.29) is 6.29 Å². The Kier molecular flexibility index (Phi) is 2.88. The third-order valence-electron chi connectivity index (χ3n) is 1.63. The molecular formula is C7H4F2N2O4. The van der Waals surface area contributed by atoms with Gasteiger partial charge in [-0.3, -0.25) is 19.7 Å². The lowest BCUT2D eigenvalue weighted by Crippen LogP contribution is -2.16. The number of alkyl halides is 2. The summed E-state index contributed by atoms with van der Waals surface area (Å²) in [7, 11) is 0. The topological polar surface area (TPSA) is 93.1 Å². The van der Waals surface area contributed by atoms with Gasteiger partial charge in [0.25, 0.3) is 17.7 Å². The highest BCUT2D eigenvalue weighted by molar-refractivity contribution is 5.78. The number of nitro groups is 1. The zero-order valence-electron chi connectivity index (χ0n) is 7.07. The smallest absolute Gasteiger partial charge is 0.296 e. The second-order valence-electron chi connectivity index (χ2n) is 2.53. The van der Waals surface area contributed by atoms with Crippen LogP contribution < -0.4 is 5.56 Å².